The average molecular weight is 458 g/mol. The molecule has 1 aliphatic carbocycles. The van der Waals surface area contributed by atoms with Gasteiger partial charge >= 0.3 is 0 Å². The smallest absolute Gasteiger partial charge is 0.180 e. The molecule has 1 aliphatic heterocycles. The van der Waals surface area contributed by atoms with Gasteiger partial charge in [-0.25, -0.2) is 0 Å². The predicted octanol–water partition coefficient (Wildman–Crippen LogP) is 4.88. The molecule has 1 fully saturated rings. The molecule has 0 spiro atoms. The molecule has 154 valence electrons. The van der Waals surface area contributed by atoms with E-state index in [0.29, 0.717) is 23.8 Å². The summed E-state index contributed by atoms with van der Waals surface area (Å²) in [7, 11) is 3.24. The van der Waals surface area contributed by atoms with E-state index < -0.39 is 4.32 Å². The lowest BCUT2D eigenvalue weighted by Gasteiger charge is -2.35. The minimum absolute atomic E-state index is 0.181. The summed E-state index contributed by atoms with van der Waals surface area (Å²) in [4.78, 5) is 15.7. The Labute approximate surface area is 181 Å². The van der Waals surface area contributed by atoms with E-state index in [4.69, 9.17) is 9.47 Å². The van der Waals surface area contributed by atoms with Gasteiger partial charge in [0, 0.05) is 12.1 Å². The van der Waals surface area contributed by atoms with Crippen LogP contribution >= 0.6 is 15.9 Å². The number of likely N-dealkylation sites (tertiary alicyclic amines) is 1. The summed E-state index contributed by atoms with van der Waals surface area (Å²) in [6, 6.07) is 14.4. The second kappa shape index (κ2) is 8.49. The van der Waals surface area contributed by atoms with E-state index in [1.807, 2.05) is 12.1 Å². The van der Waals surface area contributed by atoms with Crippen LogP contribution in [0.5, 0.6) is 11.5 Å². The molecule has 0 amide bonds. The lowest BCUT2D eigenvalue weighted by atomic mass is 9.85. The predicted molar refractivity (Wildman–Crippen MR) is 118 cm³/mol. The van der Waals surface area contributed by atoms with Crippen LogP contribution in [0.3, 0.4) is 0 Å². The topological polar surface area (TPSA) is 38.8 Å². The number of hydrogen-bond donors (Lipinski definition) is 0. The van der Waals surface area contributed by atoms with Crippen molar-refractivity contribution in [1.82, 2.24) is 4.90 Å². The number of methoxy groups -OCH3 is 2. The highest BCUT2D eigenvalue weighted by Gasteiger charge is 2.45. The number of carbonyl (C=O) groups is 1. The van der Waals surface area contributed by atoms with E-state index in [1.165, 1.54) is 5.56 Å². The van der Waals surface area contributed by atoms with Gasteiger partial charge in [-0.15, -0.1) is 0 Å². The van der Waals surface area contributed by atoms with Crippen LogP contribution in [0.1, 0.15) is 40.7 Å². The molecule has 0 aromatic heterocycles. The van der Waals surface area contributed by atoms with Gasteiger partial charge in [0.25, 0.3) is 0 Å². The number of ketones is 1. The van der Waals surface area contributed by atoms with Crippen molar-refractivity contribution < 1.29 is 14.3 Å². The molecule has 2 aromatic carbocycles. The first-order chi connectivity index (χ1) is 14.0. The molecule has 1 saturated heterocycles. The Balaban J connectivity index is 1.39. The number of ether oxygens (including phenoxy) is 2. The van der Waals surface area contributed by atoms with Crippen molar-refractivity contribution in [2.24, 2.45) is 5.92 Å². The monoisotopic (exact) mass is 457 g/mol. The molecule has 0 N–H and O–H groups in total. The summed E-state index contributed by atoms with van der Waals surface area (Å²) >= 11 is 3.84. The van der Waals surface area contributed by atoms with Crippen LogP contribution in [0.2, 0.25) is 0 Å². The molecule has 1 heterocycles. The van der Waals surface area contributed by atoms with Gasteiger partial charge in [0.05, 0.1) is 18.5 Å². The van der Waals surface area contributed by atoms with E-state index in [2.05, 4.69) is 51.2 Å². The minimum Gasteiger partial charge on any atom is -0.493 e. The lowest BCUT2D eigenvalue weighted by Crippen LogP contribution is -2.38. The molecule has 29 heavy (non-hydrogen) atoms. The van der Waals surface area contributed by atoms with Crippen LogP contribution in [0.15, 0.2) is 42.5 Å². The van der Waals surface area contributed by atoms with Crippen molar-refractivity contribution in [3.05, 3.63) is 59.2 Å². The molecule has 4 rings (SSSR count). The molecule has 2 aromatic rings. The molecule has 0 radical (unpaired) electrons. The summed E-state index contributed by atoms with van der Waals surface area (Å²) in [5.41, 5.74) is 3.18. The zero-order valence-electron chi connectivity index (χ0n) is 17.1. The summed E-state index contributed by atoms with van der Waals surface area (Å²) in [6.07, 6.45) is 3.86. The zero-order valence-corrected chi connectivity index (χ0v) is 18.7. The first kappa shape index (κ1) is 20.4. The van der Waals surface area contributed by atoms with Crippen LogP contribution in [0.4, 0.5) is 0 Å². The Morgan fingerprint density at radius 1 is 1.07 bits per heavy atom. The molecule has 0 bridgehead atoms. The maximum atomic E-state index is 13.2. The number of nitrogens with zero attached hydrogens (tertiary/aromatic N) is 1. The SMILES string of the molecule is COc1cc2c(cc1OC)C(=O)C(Br)(CC1CCN(Cc3ccccc3)CC1)C2. The fraction of sp³-hybridized carbons (Fsp3) is 0.458. The Morgan fingerprint density at radius 2 is 1.72 bits per heavy atom. The largest absolute Gasteiger partial charge is 0.493 e. The highest BCUT2D eigenvalue weighted by molar-refractivity contribution is 9.10. The lowest BCUT2D eigenvalue weighted by molar-refractivity contribution is 0.0929. The maximum Gasteiger partial charge on any atom is 0.180 e. The second-order valence-electron chi connectivity index (χ2n) is 8.24. The maximum absolute atomic E-state index is 13.2. The summed E-state index contributed by atoms with van der Waals surface area (Å²) < 4.78 is 10.3. The van der Waals surface area contributed by atoms with Crippen LogP contribution in [0, 0.1) is 5.92 Å². The molecule has 1 atom stereocenters. The number of alkyl halides is 1. The van der Waals surface area contributed by atoms with Gasteiger partial charge < -0.3 is 9.47 Å². The Bertz CT molecular complexity index is 877. The molecular formula is C24H28BrNO3. The first-order valence-corrected chi connectivity index (χ1v) is 11.1. The summed E-state index contributed by atoms with van der Waals surface area (Å²) in [6.45, 7) is 3.19. The third-order valence-corrected chi connectivity index (χ3v) is 7.26. The molecular weight excluding hydrogens is 430 g/mol. The standard InChI is InChI=1S/C24H28BrNO3/c1-28-21-12-19-15-24(25,23(27)20(19)13-22(21)29-2)14-17-8-10-26(11-9-17)16-18-6-4-3-5-7-18/h3-7,12-13,17H,8-11,14-16H2,1-2H3. The average Bonchev–Trinajstić information content (AvgIpc) is 2.98. The Kier molecular flexibility index (Phi) is 5.98. The number of hydrogen-bond acceptors (Lipinski definition) is 4. The normalized spacial score (nSPS) is 22.5. The van der Waals surface area contributed by atoms with E-state index in [9.17, 15) is 4.79 Å². The quantitative estimate of drug-likeness (QED) is 0.579. The van der Waals surface area contributed by atoms with E-state index >= 15 is 0 Å². The van der Waals surface area contributed by atoms with Crippen LogP contribution < -0.4 is 9.47 Å². The van der Waals surface area contributed by atoms with Crippen LogP contribution in [-0.2, 0) is 13.0 Å². The highest BCUT2D eigenvalue weighted by Crippen LogP contribution is 2.45. The minimum atomic E-state index is -0.501. The molecule has 0 saturated carbocycles. The highest BCUT2D eigenvalue weighted by atomic mass is 79.9. The Morgan fingerprint density at radius 3 is 2.38 bits per heavy atom. The van der Waals surface area contributed by atoms with Gasteiger partial charge in [-0.3, -0.25) is 9.69 Å². The first-order valence-electron chi connectivity index (χ1n) is 10.3. The number of benzene rings is 2. The molecule has 4 nitrogen and oxygen atoms in total. The zero-order chi connectivity index (χ0) is 20.4. The van der Waals surface area contributed by atoms with Crippen LogP contribution in [-0.4, -0.2) is 42.3 Å². The van der Waals surface area contributed by atoms with Crippen molar-refractivity contribution >= 4 is 21.7 Å². The van der Waals surface area contributed by atoms with Crippen molar-refractivity contribution in [3.63, 3.8) is 0 Å². The molecule has 2 aliphatic rings. The number of halogens is 1. The van der Waals surface area contributed by atoms with Gasteiger partial charge in [0.15, 0.2) is 17.3 Å². The van der Waals surface area contributed by atoms with Crippen molar-refractivity contribution in [3.8, 4) is 11.5 Å². The fourth-order valence-corrected chi connectivity index (χ4v) is 5.69. The van der Waals surface area contributed by atoms with Crippen LogP contribution in [0.25, 0.3) is 0 Å². The Hall–Kier alpha value is -1.85. The van der Waals surface area contributed by atoms with Crippen molar-refractivity contribution in [2.75, 3.05) is 27.3 Å². The van der Waals surface area contributed by atoms with E-state index in [1.54, 1.807) is 14.2 Å². The van der Waals surface area contributed by atoms with Gasteiger partial charge in [0.2, 0.25) is 0 Å². The van der Waals surface area contributed by atoms with Gasteiger partial charge in [-0.2, -0.15) is 0 Å². The third kappa shape index (κ3) is 4.22. The third-order valence-electron chi connectivity index (χ3n) is 6.30. The van der Waals surface area contributed by atoms with E-state index in [-0.39, 0.29) is 5.78 Å². The van der Waals surface area contributed by atoms with E-state index in [0.717, 1.165) is 50.0 Å². The molecule has 1 unspecified atom stereocenters. The molecule has 5 heteroatoms. The number of rotatable bonds is 6. The van der Waals surface area contributed by atoms with Crippen molar-refractivity contribution in [2.45, 2.75) is 36.6 Å². The van der Waals surface area contributed by atoms with Gasteiger partial charge in [-0.05, 0) is 68.0 Å². The number of fused-ring (bicyclic) bond motifs is 1. The number of Topliss-reactive ketones (excluding diaryl/α,β-unsaturated/α-hetero) is 1. The summed E-state index contributed by atoms with van der Waals surface area (Å²) in [5, 5.41) is 0. The summed E-state index contributed by atoms with van der Waals surface area (Å²) in [5.74, 6) is 2.04. The second-order valence-corrected chi connectivity index (χ2v) is 9.76. The number of carbonyl (C=O) groups excluding carboxylic acids is 1. The fourth-order valence-electron chi connectivity index (χ4n) is 4.71. The van der Waals surface area contributed by atoms with Crippen molar-refractivity contribution in [1.29, 1.82) is 0 Å². The van der Waals surface area contributed by atoms with Gasteiger partial charge in [-0.1, -0.05) is 46.3 Å². The van der Waals surface area contributed by atoms with Gasteiger partial charge in [0.1, 0.15) is 0 Å². The number of piperidine rings is 1.